The van der Waals surface area contributed by atoms with E-state index in [-0.39, 0.29) is 0 Å². The molecule has 0 saturated carbocycles. The lowest BCUT2D eigenvalue weighted by Crippen LogP contribution is -2.01. The normalized spacial score (nSPS) is 10.3. The molecule has 0 amide bonds. The fourth-order valence-electron chi connectivity index (χ4n) is 1.48. The van der Waals surface area contributed by atoms with E-state index in [1.165, 1.54) is 10.9 Å². The highest BCUT2D eigenvalue weighted by Crippen LogP contribution is 2.32. The van der Waals surface area contributed by atoms with Crippen LogP contribution in [0, 0.1) is 18.3 Å². The summed E-state index contributed by atoms with van der Waals surface area (Å²) in [5, 5.41) is 14.2. The first-order valence-corrected chi connectivity index (χ1v) is 5.77. The van der Waals surface area contributed by atoms with Gasteiger partial charge in [-0.05, 0) is 19.1 Å². The summed E-state index contributed by atoms with van der Waals surface area (Å²) in [7, 11) is 0. The van der Waals surface area contributed by atoms with Crippen LogP contribution in [0.1, 0.15) is 11.3 Å². The van der Waals surface area contributed by atoms with Gasteiger partial charge in [0.05, 0.1) is 27.5 Å². The molecule has 1 heterocycles. The Bertz CT molecular complexity index is 602. The summed E-state index contributed by atoms with van der Waals surface area (Å²) in [6.45, 7) is 1.77. The maximum atomic E-state index is 8.87. The van der Waals surface area contributed by atoms with E-state index in [2.05, 4.69) is 5.10 Å². The Morgan fingerprint density at radius 3 is 2.29 bits per heavy atom. The van der Waals surface area contributed by atoms with Crippen molar-refractivity contribution in [3.8, 4) is 11.8 Å². The lowest BCUT2D eigenvalue weighted by atomic mass is 10.2. The molecule has 0 atom stereocenters. The van der Waals surface area contributed by atoms with Gasteiger partial charge in [0, 0.05) is 5.02 Å². The third kappa shape index (κ3) is 2.12. The minimum absolute atomic E-state index is 0.387. The second-order valence-corrected chi connectivity index (χ2v) is 4.64. The van der Waals surface area contributed by atoms with Crippen LogP contribution in [0.25, 0.3) is 5.69 Å². The van der Waals surface area contributed by atoms with E-state index in [4.69, 9.17) is 40.1 Å². The van der Waals surface area contributed by atoms with Crippen LogP contribution in [0.15, 0.2) is 18.3 Å². The van der Waals surface area contributed by atoms with E-state index in [9.17, 15) is 0 Å². The number of benzene rings is 1. The Kier molecular flexibility index (Phi) is 3.30. The Hall–Kier alpha value is -1.21. The third-order valence-electron chi connectivity index (χ3n) is 2.32. The summed E-state index contributed by atoms with van der Waals surface area (Å²) in [5.74, 6) is 0. The maximum Gasteiger partial charge on any atom is 0.103 e. The molecule has 2 aromatic rings. The Morgan fingerprint density at radius 2 is 1.82 bits per heavy atom. The van der Waals surface area contributed by atoms with Crippen molar-refractivity contribution in [2.75, 3.05) is 0 Å². The number of nitriles is 1. The van der Waals surface area contributed by atoms with Crippen molar-refractivity contribution in [1.82, 2.24) is 9.78 Å². The van der Waals surface area contributed by atoms with Crippen LogP contribution in [-0.4, -0.2) is 9.78 Å². The summed E-state index contributed by atoms with van der Waals surface area (Å²) in [6, 6.07) is 5.20. The molecule has 6 heteroatoms. The van der Waals surface area contributed by atoms with Crippen LogP contribution in [0.5, 0.6) is 0 Å². The molecule has 0 aliphatic rings. The number of rotatable bonds is 1. The number of hydrogen-bond donors (Lipinski definition) is 0. The Balaban J connectivity index is 2.69. The van der Waals surface area contributed by atoms with Crippen molar-refractivity contribution < 1.29 is 0 Å². The summed E-state index contributed by atoms with van der Waals surface area (Å²) in [4.78, 5) is 0. The van der Waals surface area contributed by atoms with Crippen molar-refractivity contribution in [2.45, 2.75) is 6.92 Å². The zero-order chi connectivity index (χ0) is 12.6. The van der Waals surface area contributed by atoms with Crippen LogP contribution in [-0.2, 0) is 0 Å². The van der Waals surface area contributed by atoms with E-state index >= 15 is 0 Å². The average molecular weight is 287 g/mol. The predicted octanol–water partition coefficient (Wildman–Crippen LogP) is 4.01. The first-order valence-electron chi connectivity index (χ1n) is 4.64. The largest absolute Gasteiger partial charge is 0.234 e. The van der Waals surface area contributed by atoms with Gasteiger partial charge in [0.1, 0.15) is 11.8 Å². The van der Waals surface area contributed by atoms with E-state index in [0.717, 1.165) is 0 Å². The smallest absolute Gasteiger partial charge is 0.103 e. The molecular formula is C11H6Cl3N3. The van der Waals surface area contributed by atoms with Gasteiger partial charge in [0.2, 0.25) is 0 Å². The van der Waals surface area contributed by atoms with Gasteiger partial charge in [-0.3, -0.25) is 0 Å². The molecule has 0 aliphatic heterocycles. The van der Waals surface area contributed by atoms with Crippen LogP contribution >= 0.6 is 34.8 Å². The lowest BCUT2D eigenvalue weighted by Gasteiger charge is -2.09. The molecule has 0 bridgehead atoms. The maximum absolute atomic E-state index is 8.87. The standard InChI is InChI=1S/C11H6Cl3N3/c1-6-7(4-15)5-16-17(6)11-9(13)2-8(12)3-10(11)14/h2-3,5H,1H3. The Morgan fingerprint density at radius 1 is 1.24 bits per heavy atom. The van der Waals surface area contributed by atoms with E-state index < -0.39 is 0 Å². The van der Waals surface area contributed by atoms with Crippen molar-refractivity contribution in [2.24, 2.45) is 0 Å². The van der Waals surface area contributed by atoms with Gasteiger partial charge in [-0.2, -0.15) is 10.4 Å². The minimum Gasteiger partial charge on any atom is -0.234 e. The molecule has 0 aliphatic carbocycles. The van der Waals surface area contributed by atoms with Crippen LogP contribution in [0.3, 0.4) is 0 Å². The third-order valence-corrected chi connectivity index (χ3v) is 3.12. The Labute approximate surface area is 113 Å². The van der Waals surface area contributed by atoms with Gasteiger partial charge in [0.15, 0.2) is 0 Å². The van der Waals surface area contributed by atoms with Crippen LogP contribution in [0.4, 0.5) is 0 Å². The summed E-state index contributed by atoms with van der Waals surface area (Å²) < 4.78 is 1.53. The van der Waals surface area contributed by atoms with E-state index in [1.54, 1.807) is 19.1 Å². The van der Waals surface area contributed by atoms with Gasteiger partial charge in [0.25, 0.3) is 0 Å². The SMILES string of the molecule is Cc1c(C#N)cnn1-c1c(Cl)cc(Cl)cc1Cl. The highest BCUT2D eigenvalue weighted by atomic mass is 35.5. The molecule has 1 aromatic carbocycles. The number of hydrogen-bond acceptors (Lipinski definition) is 2. The minimum atomic E-state index is 0.387. The topological polar surface area (TPSA) is 41.6 Å². The first-order chi connectivity index (χ1) is 8.04. The van der Waals surface area contributed by atoms with Crippen molar-refractivity contribution in [1.29, 1.82) is 5.26 Å². The quantitative estimate of drug-likeness (QED) is 0.794. The molecule has 1 aromatic heterocycles. The monoisotopic (exact) mass is 285 g/mol. The van der Waals surface area contributed by atoms with Gasteiger partial charge >= 0.3 is 0 Å². The zero-order valence-corrected chi connectivity index (χ0v) is 11.0. The summed E-state index contributed by atoms with van der Waals surface area (Å²) in [6.07, 6.45) is 1.47. The molecule has 0 fully saturated rings. The fourth-order valence-corrected chi connectivity index (χ4v) is 2.46. The molecule has 0 unspecified atom stereocenters. The second-order valence-electron chi connectivity index (χ2n) is 3.39. The van der Waals surface area contributed by atoms with Crippen molar-refractivity contribution in [3.05, 3.63) is 44.7 Å². The van der Waals surface area contributed by atoms with Gasteiger partial charge < -0.3 is 0 Å². The molecule has 0 saturated heterocycles. The predicted molar refractivity (Wildman–Crippen MR) is 68.0 cm³/mol. The summed E-state index contributed by atoms with van der Waals surface area (Å²) >= 11 is 18.0. The molecule has 0 N–H and O–H groups in total. The van der Waals surface area contributed by atoms with Crippen LogP contribution < -0.4 is 0 Å². The highest BCUT2D eigenvalue weighted by molar-refractivity contribution is 6.40. The van der Waals surface area contributed by atoms with Gasteiger partial charge in [-0.1, -0.05) is 34.8 Å². The van der Waals surface area contributed by atoms with E-state index in [1.807, 2.05) is 6.07 Å². The molecule has 0 radical (unpaired) electrons. The molecule has 0 spiro atoms. The lowest BCUT2D eigenvalue weighted by molar-refractivity contribution is 0.847. The van der Waals surface area contributed by atoms with Crippen molar-refractivity contribution in [3.63, 3.8) is 0 Å². The van der Waals surface area contributed by atoms with Gasteiger partial charge in [-0.25, -0.2) is 4.68 Å². The van der Waals surface area contributed by atoms with Crippen LogP contribution in [0.2, 0.25) is 15.1 Å². The average Bonchev–Trinajstić information content (AvgIpc) is 2.59. The first kappa shape index (κ1) is 12.3. The zero-order valence-electron chi connectivity index (χ0n) is 8.71. The molecule has 17 heavy (non-hydrogen) atoms. The number of aromatic nitrogens is 2. The number of halogens is 3. The van der Waals surface area contributed by atoms with Crippen molar-refractivity contribution >= 4 is 34.8 Å². The number of nitrogens with zero attached hydrogens (tertiary/aromatic N) is 3. The second kappa shape index (κ2) is 4.58. The fraction of sp³-hybridized carbons (Fsp3) is 0.0909. The molecule has 86 valence electrons. The van der Waals surface area contributed by atoms with Gasteiger partial charge in [-0.15, -0.1) is 0 Å². The molecular weight excluding hydrogens is 281 g/mol. The highest BCUT2D eigenvalue weighted by Gasteiger charge is 2.14. The molecule has 3 nitrogen and oxygen atoms in total. The molecule has 2 rings (SSSR count). The summed E-state index contributed by atoms with van der Waals surface area (Å²) in [5.41, 5.74) is 1.68. The van der Waals surface area contributed by atoms with E-state index in [0.29, 0.717) is 32.0 Å².